The lowest BCUT2D eigenvalue weighted by atomic mass is 9.51. The Bertz CT molecular complexity index is 539. The number of hydrogen-bond acceptors (Lipinski definition) is 3. The molecule has 1 spiro atoms. The van der Waals surface area contributed by atoms with E-state index in [9.17, 15) is 4.79 Å². The van der Waals surface area contributed by atoms with Gasteiger partial charge in [0.2, 0.25) is 0 Å². The Balaban J connectivity index is 1.61. The van der Waals surface area contributed by atoms with Gasteiger partial charge in [-0.2, -0.15) is 0 Å². The predicted octanol–water partition coefficient (Wildman–Crippen LogP) is 3.46. The molecule has 3 rings (SSSR count). The molecule has 4 nitrogen and oxygen atoms in total. The number of carbonyl (C=O) groups is 1. The number of aryl methyl sites for hydroxylation is 1. The second kappa shape index (κ2) is 6.29. The third kappa shape index (κ3) is 2.84. The highest BCUT2D eigenvalue weighted by Gasteiger charge is 2.58. The van der Waals surface area contributed by atoms with E-state index in [4.69, 9.17) is 9.84 Å². The molecule has 0 aliphatic heterocycles. The van der Waals surface area contributed by atoms with Gasteiger partial charge in [0.25, 0.3) is 0 Å². The first-order valence-corrected chi connectivity index (χ1v) is 8.33. The van der Waals surface area contributed by atoms with Crippen molar-refractivity contribution < 1.29 is 14.6 Å². The molecule has 1 aromatic carbocycles. The molecule has 0 aromatic heterocycles. The maximum absolute atomic E-state index is 10.7. The summed E-state index contributed by atoms with van der Waals surface area (Å²) in [5, 5.41) is 12.5. The van der Waals surface area contributed by atoms with Crippen LogP contribution in [-0.2, 0) is 16.0 Å². The van der Waals surface area contributed by atoms with Crippen molar-refractivity contribution >= 4 is 11.7 Å². The van der Waals surface area contributed by atoms with Gasteiger partial charge in [-0.05, 0) is 50.3 Å². The largest absolute Gasteiger partial charge is 0.481 e. The van der Waals surface area contributed by atoms with Gasteiger partial charge in [-0.15, -0.1) is 0 Å². The zero-order chi connectivity index (χ0) is 15.6. The lowest BCUT2D eigenvalue weighted by molar-refractivity contribution is -0.157. The van der Waals surface area contributed by atoms with Gasteiger partial charge in [0.1, 0.15) is 0 Å². The molecule has 1 aromatic rings. The van der Waals surface area contributed by atoms with E-state index < -0.39 is 5.97 Å². The van der Waals surface area contributed by atoms with E-state index in [-0.39, 0.29) is 6.42 Å². The normalized spacial score (nSPS) is 25.3. The fourth-order valence-electron chi connectivity index (χ4n) is 3.91. The van der Waals surface area contributed by atoms with E-state index in [1.165, 1.54) is 19.3 Å². The standard InChI is InChI=1S/C18H25NO3/c1-2-22-16-12-15(18(16)9-4-10-18)19-14-6-3-5-13(11-14)7-8-17(20)21/h3,5-6,11,15-16,19H,2,4,7-10,12H2,1H3,(H,20,21). The predicted molar refractivity (Wildman–Crippen MR) is 86.1 cm³/mol. The van der Waals surface area contributed by atoms with Crippen LogP contribution in [0.25, 0.3) is 0 Å². The fraction of sp³-hybridized carbons (Fsp3) is 0.611. The zero-order valence-electron chi connectivity index (χ0n) is 13.2. The molecule has 2 atom stereocenters. The van der Waals surface area contributed by atoms with Gasteiger partial charge in [-0.3, -0.25) is 4.79 Å². The fourth-order valence-corrected chi connectivity index (χ4v) is 3.91. The van der Waals surface area contributed by atoms with Gasteiger partial charge in [0.15, 0.2) is 0 Å². The lowest BCUT2D eigenvalue weighted by Crippen LogP contribution is -2.64. The molecule has 0 radical (unpaired) electrons. The van der Waals surface area contributed by atoms with Crippen LogP contribution < -0.4 is 5.32 Å². The molecule has 2 saturated carbocycles. The number of hydrogen-bond donors (Lipinski definition) is 2. The Hall–Kier alpha value is -1.55. The second-order valence-corrected chi connectivity index (χ2v) is 6.56. The average Bonchev–Trinajstić information content (AvgIpc) is 2.42. The highest BCUT2D eigenvalue weighted by molar-refractivity contribution is 5.67. The van der Waals surface area contributed by atoms with Gasteiger partial charge in [-0.25, -0.2) is 0 Å². The van der Waals surface area contributed by atoms with Crippen LogP contribution in [0.4, 0.5) is 5.69 Å². The Kier molecular flexibility index (Phi) is 4.39. The van der Waals surface area contributed by atoms with Crippen LogP contribution in [0.5, 0.6) is 0 Å². The van der Waals surface area contributed by atoms with Crippen LogP contribution >= 0.6 is 0 Å². The van der Waals surface area contributed by atoms with Crippen molar-refractivity contribution in [1.82, 2.24) is 0 Å². The average molecular weight is 303 g/mol. The molecular weight excluding hydrogens is 278 g/mol. The van der Waals surface area contributed by atoms with E-state index in [0.717, 1.165) is 24.3 Å². The SMILES string of the molecule is CCOC1CC(Nc2cccc(CCC(=O)O)c2)C12CCC2. The molecule has 2 fully saturated rings. The summed E-state index contributed by atoms with van der Waals surface area (Å²) in [6, 6.07) is 8.66. The molecule has 0 amide bonds. The second-order valence-electron chi connectivity index (χ2n) is 6.56. The van der Waals surface area contributed by atoms with E-state index in [1.54, 1.807) is 0 Å². The number of carboxylic acids is 1. The molecule has 2 N–H and O–H groups in total. The number of anilines is 1. The lowest BCUT2D eigenvalue weighted by Gasteiger charge is -2.61. The van der Waals surface area contributed by atoms with Gasteiger partial charge in [0.05, 0.1) is 6.10 Å². The van der Waals surface area contributed by atoms with Gasteiger partial charge in [-0.1, -0.05) is 18.6 Å². The summed E-state index contributed by atoms with van der Waals surface area (Å²) in [4.78, 5) is 10.7. The van der Waals surface area contributed by atoms with Crippen molar-refractivity contribution in [2.45, 2.75) is 57.6 Å². The first-order chi connectivity index (χ1) is 10.6. The van der Waals surface area contributed by atoms with Crippen LogP contribution in [0.3, 0.4) is 0 Å². The Labute approximate surface area is 131 Å². The molecule has 120 valence electrons. The molecule has 4 heteroatoms. The van der Waals surface area contributed by atoms with Crippen molar-refractivity contribution in [3.63, 3.8) is 0 Å². The summed E-state index contributed by atoms with van der Waals surface area (Å²) < 4.78 is 5.89. The number of rotatable bonds is 7. The molecule has 22 heavy (non-hydrogen) atoms. The number of ether oxygens (including phenoxy) is 1. The Morgan fingerprint density at radius 1 is 1.45 bits per heavy atom. The molecule has 0 heterocycles. The van der Waals surface area contributed by atoms with Gasteiger partial charge >= 0.3 is 5.97 Å². The molecule has 2 aliphatic rings. The summed E-state index contributed by atoms with van der Waals surface area (Å²) in [6.07, 6.45) is 6.08. The Morgan fingerprint density at radius 3 is 2.91 bits per heavy atom. The van der Waals surface area contributed by atoms with Crippen LogP contribution in [0.1, 0.15) is 44.6 Å². The molecule has 0 bridgehead atoms. The quantitative estimate of drug-likeness (QED) is 0.810. The number of benzene rings is 1. The number of carboxylic acid groups (broad SMARTS) is 1. The Morgan fingerprint density at radius 2 is 2.27 bits per heavy atom. The van der Waals surface area contributed by atoms with Crippen LogP contribution in [0.15, 0.2) is 24.3 Å². The maximum atomic E-state index is 10.7. The number of nitrogens with one attached hydrogen (secondary N) is 1. The minimum Gasteiger partial charge on any atom is -0.481 e. The third-order valence-corrected chi connectivity index (χ3v) is 5.33. The van der Waals surface area contributed by atoms with Crippen molar-refractivity contribution in [2.75, 3.05) is 11.9 Å². The van der Waals surface area contributed by atoms with Crippen LogP contribution in [0.2, 0.25) is 0 Å². The topological polar surface area (TPSA) is 58.6 Å². The summed E-state index contributed by atoms with van der Waals surface area (Å²) in [7, 11) is 0. The molecule has 0 saturated heterocycles. The number of aliphatic carboxylic acids is 1. The summed E-state index contributed by atoms with van der Waals surface area (Å²) in [5.41, 5.74) is 2.53. The smallest absolute Gasteiger partial charge is 0.303 e. The van der Waals surface area contributed by atoms with Crippen LogP contribution in [-0.4, -0.2) is 29.8 Å². The van der Waals surface area contributed by atoms with Crippen molar-refractivity contribution in [1.29, 1.82) is 0 Å². The summed E-state index contributed by atoms with van der Waals surface area (Å²) in [6.45, 7) is 2.86. The molecular formula is C18H25NO3. The molecule has 2 aliphatic carbocycles. The highest BCUT2D eigenvalue weighted by Crippen LogP contribution is 2.58. The first-order valence-electron chi connectivity index (χ1n) is 8.33. The maximum Gasteiger partial charge on any atom is 0.303 e. The monoisotopic (exact) mass is 303 g/mol. The molecule has 2 unspecified atom stereocenters. The van der Waals surface area contributed by atoms with E-state index in [0.29, 0.717) is 24.0 Å². The van der Waals surface area contributed by atoms with Gasteiger partial charge < -0.3 is 15.2 Å². The minimum absolute atomic E-state index is 0.184. The van der Waals surface area contributed by atoms with Crippen molar-refractivity contribution in [3.05, 3.63) is 29.8 Å². The van der Waals surface area contributed by atoms with E-state index in [2.05, 4.69) is 24.4 Å². The summed E-state index contributed by atoms with van der Waals surface area (Å²) in [5.74, 6) is -0.745. The van der Waals surface area contributed by atoms with E-state index >= 15 is 0 Å². The zero-order valence-corrected chi connectivity index (χ0v) is 13.2. The van der Waals surface area contributed by atoms with Gasteiger partial charge in [0, 0.05) is 30.2 Å². The first kappa shape index (κ1) is 15.3. The van der Waals surface area contributed by atoms with Crippen LogP contribution in [0, 0.1) is 5.41 Å². The minimum atomic E-state index is -0.745. The highest BCUT2D eigenvalue weighted by atomic mass is 16.5. The summed E-state index contributed by atoms with van der Waals surface area (Å²) >= 11 is 0. The van der Waals surface area contributed by atoms with Crippen molar-refractivity contribution in [2.24, 2.45) is 5.41 Å². The third-order valence-electron chi connectivity index (χ3n) is 5.33. The van der Waals surface area contributed by atoms with E-state index in [1.807, 2.05) is 12.1 Å². The van der Waals surface area contributed by atoms with Crippen molar-refractivity contribution in [3.8, 4) is 0 Å².